The average Bonchev–Trinajstić information content (AvgIpc) is 3.86. The van der Waals surface area contributed by atoms with E-state index in [9.17, 15) is 23.9 Å². The summed E-state index contributed by atoms with van der Waals surface area (Å²) >= 11 is 0. The molecule has 295 valence electrons. The number of halogens is 2. The number of rotatable bonds is 10. The minimum atomic E-state index is -2.85. The van der Waals surface area contributed by atoms with Gasteiger partial charge in [0.25, 0.3) is 6.43 Å². The summed E-state index contributed by atoms with van der Waals surface area (Å²) in [5.41, 5.74) is 9.08. The van der Waals surface area contributed by atoms with Gasteiger partial charge in [-0.2, -0.15) is 5.26 Å². The first kappa shape index (κ1) is 41.4. The number of carboxylic acids is 1. The summed E-state index contributed by atoms with van der Waals surface area (Å²) in [6.45, 7) is 8.59. The maximum absolute atomic E-state index is 14.1. The zero-order valence-corrected chi connectivity index (χ0v) is 34.5. The van der Waals surface area contributed by atoms with Crippen molar-refractivity contribution in [2.75, 3.05) is 31.5 Å². The minimum absolute atomic E-state index is 0. The van der Waals surface area contributed by atoms with Crippen molar-refractivity contribution in [1.82, 2.24) is 29.7 Å². The number of hydrogen-bond acceptors (Lipinski definition) is 10. The van der Waals surface area contributed by atoms with Crippen LogP contribution < -0.4 is 5.32 Å². The summed E-state index contributed by atoms with van der Waals surface area (Å²) in [6, 6.07) is 19.5. The van der Waals surface area contributed by atoms with Gasteiger partial charge < -0.3 is 22.3 Å². The standard InChI is InChI=1S/C42H40F2N8O3.CH3.Os/c1-24-30(7-5-9-32(24)41-49-35-18-26(17-29(20-45)37(35)55-41)22-52-15-11-28(12-16-52)42(53)54)31-8-6-10-33(25(31)2)47-39-36-34(48-40(50-39)38(43)44)19-27(21-46-36)23-51-13-3-4-14-51;;/h5-10,17-19,21,28,38H,3-4,11-16,22-23H2,1-2H3,(H,53,54)(H,47,48,50);1H3;/q;-1;+1. The van der Waals surface area contributed by atoms with Crippen molar-refractivity contribution in [3.05, 3.63) is 102 Å². The molecule has 57 heavy (non-hydrogen) atoms. The van der Waals surface area contributed by atoms with E-state index in [1.54, 1.807) is 6.20 Å². The van der Waals surface area contributed by atoms with Crippen LogP contribution in [0.2, 0.25) is 0 Å². The Morgan fingerprint density at radius 2 is 1.56 bits per heavy atom. The average molecular weight is 948 g/mol. The first-order valence-electron chi connectivity index (χ1n) is 18.6. The van der Waals surface area contributed by atoms with E-state index in [1.165, 1.54) is 0 Å². The summed E-state index contributed by atoms with van der Waals surface area (Å²) in [7, 11) is 0. The van der Waals surface area contributed by atoms with Crippen molar-refractivity contribution in [2.45, 2.75) is 59.0 Å². The molecule has 2 saturated heterocycles. The van der Waals surface area contributed by atoms with Crippen LogP contribution >= 0.6 is 0 Å². The van der Waals surface area contributed by atoms with Crippen molar-refractivity contribution in [3.63, 3.8) is 0 Å². The summed E-state index contributed by atoms with van der Waals surface area (Å²) in [4.78, 5) is 33.8. The second kappa shape index (κ2) is 17.5. The van der Waals surface area contributed by atoms with E-state index in [0.29, 0.717) is 78.3 Å². The Morgan fingerprint density at radius 3 is 2.26 bits per heavy atom. The first-order chi connectivity index (χ1) is 26.6. The molecule has 0 bridgehead atoms. The molecule has 3 aromatic carbocycles. The van der Waals surface area contributed by atoms with E-state index in [0.717, 1.165) is 64.9 Å². The van der Waals surface area contributed by atoms with E-state index in [4.69, 9.17) is 9.40 Å². The zero-order chi connectivity index (χ0) is 38.2. The van der Waals surface area contributed by atoms with E-state index in [1.807, 2.05) is 68.4 Å². The van der Waals surface area contributed by atoms with Crippen LogP contribution in [0.1, 0.15) is 65.8 Å². The molecule has 14 heteroatoms. The molecule has 0 aliphatic carbocycles. The Labute approximate surface area is 343 Å². The van der Waals surface area contributed by atoms with Crippen LogP contribution in [0, 0.1) is 38.5 Å². The largest absolute Gasteiger partial charge is 1.00 e. The zero-order valence-electron chi connectivity index (χ0n) is 32.0. The van der Waals surface area contributed by atoms with Crippen molar-refractivity contribution in [1.29, 1.82) is 5.26 Å². The molecule has 0 unspecified atom stereocenters. The number of oxazole rings is 1. The van der Waals surface area contributed by atoms with Crippen LogP contribution in [0.5, 0.6) is 0 Å². The number of pyridine rings is 1. The van der Waals surface area contributed by atoms with E-state index >= 15 is 0 Å². The molecule has 0 atom stereocenters. The molecule has 2 N–H and O–H groups in total. The van der Waals surface area contributed by atoms with Crippen molar-refractivity contribution in [3.8, 4) is 28.7 Å². The number of anilines is 2. The van der Waals surface area contributed by atoms with Crippen molar-refractivity contribution in [2.24, 2.45) is 5.92 Å². The van der Waals surface area contributed by atoms with Gasteiger partial charge in [-0.3, -0.25) is 19.6 Å². The molecule has 0 spiro atoms. The number of carboxylic acid groups (broad SMARTS) is 1. The van der Waals surface area contributed by atoms with Gasteiger partial charge in [0.15, 0.2) is 17.2 Å². The quantitative estimate of drug-likeness (QED) is 0.127. The number of hydrogen-bond donors (Lipinski definition) is 2. The Hall–Kier alpha value is -5.20. The number of aromatic nitrogens is 4. The van der Waals surface area contributed by atoms with Gasteiger partial charge in [-0.05, 0) is 129 Å². The molecule has 6 aromatic rings. The Balaban J connectivity index is 0.00000275. The summed E-state index contributed by atoms with van der Waals surface area (Å²) < 4.78 is 34.4. The predicted molar refractivity (Wildman–Crippen MR) is 211 cm³/mol. The Morgan fingerprint density at radius 1 is 0.912 bits per heavy atom. The number of piperidine rings is 1. The number of fused-ring (bicyclic) bond motifs is 2. The molecular formula is C43H43F2N8O3Os. The molecule has 11 nitrogen and oxygen atoms in total. The fourth-order valence-electron chi connectivity index (χ4n) is 7.87. The molecule has 2 aliphatic heterocycles. The van der Waals surface area contributed by atoms with Crippen molar-refractivity contribution < 1.29 is 42.9 Å². The fourth-order valence-corrected chi connectivity index (χ4v) is 7.87. The van der Waals surface area contributed by atoms with Gasteiger partial charge in [0.1, 0.15) is 17.1 Å². The van der Waals surface area contributed by atoms with Gasteiger partial charge in [-0.1, -0.05) is 24.3 Å². The van der Waals surface area contributed by atoms with Gasteiger partial charge in [0, 0.05) is 30.5 Å². The van der Waals surface area contributed by atoms with Gasteiger partial charge >= 0.3 is 25.8 Å². The van der Waals surface area contributed by atoms with Crippen LogP contribution in [0.15, 0.2) is 65.2 Å². The minimum Gasteiger partial charge on any atom is -0.481 e. The van der Waals surface area contributed by atoms with E-state index < -0.39 is 18.2 Å². The van der Waals surface area contributed by atoms with Crippen molar-refractivity contribution >= 4 is 39.6 Å². The fraction of sp³-hybridized carbons (Fsp3) is 0.326. The molecule has 0 saturated carbocycles. The molecule has 0 amide bonds. The van der Waals surface area contributed by atoms with Gasteiger partial charge in [0.05, 0.1) is 17.0 Å². The maximum Gasteiger partial charge on any atom is 1.00 e. The van der Waals surface area contributed by atoms with Gasteiger partial charge in [-0.25, -0.2) is 23.7 Å². The van der Waals surface area contributed by atoms with Crippen LogP contribution in [-0.4, -0.2) is 67.0 Å². The summed E-state index contributed by atoms with van der Waals surface area (Å²) in [5, 5.41) is 22.7. The SMILES string of the molecule is Cc1c(Nc2nc(C(F)F)nc3cc(CN4CCCC4)cnc23)cccc1-c1cccc(-c2nc3cc(CN4CCC(C(=O)O)CC4)cc(C#N)c3o2)c1C.[CH3-].[Os+]. The second-order valence-electron chi connectivity index (χ2n) is 14.5. The third-order valence-electron chi connectivity index (χ3n) is 10.9. The van der Waals surface area contributed by atoms with Crippen LogP contribution in [-0.2, 0) is 37.7 Å². The molecule has 5 heterocycles. The third-order valence-corrected chi connectivity index (χ3v) is 10.9. The number of benzene rings is 3. The Kier molecular flexibility index (Phi) is 12.7. The first-order valence-corrected chi connectivity index (χ1v) is 18.6. The van der Waals surface area contributed by atoms with Crippen LogP contribution in [0.25, 0.3) is 44.7 Å². The van der Waals surface area contributed by atoms with Gasteiger partial charge in [-0.15, -0.1) is 0 Å². The molecular weight excluding hydrogens is 905 g/mol. The number of alkyl halides is 2. The Bertz CT molecular complexity index is 2470. The van der Waals surface area contributed by atoms with E-state index in [2.05, 4.69) is 36.1 Å². The predicted octanol–water partition coefficient (Wildman–Crippen LogP) is 9.01. The number of nitriles is 1. The molecule has 2 fully saturated rings. The maximum atomic E-state index is 14.1. The summed E-state index contributed by atoms with van der Waals surface area (Å²) in [5.74, 6) is -1.02. The monoisotopic (exact) mass is 949 g/mol. The summed E-state index contributed by atoms with van der Waals surface area (Å²) in [6.07, 6.45) is 2.41. The molecule has 1 radical (unpaired) electrons. The topological polar surface area (TPSA) is 144 Å². The molecule has 8 rings (SSSR count). The van der Waals surface area contributed by atoms with Crippen LogP contribution in [0.3, 0.4) is 0 Å². The van der Waals surface area contributed by atoms with Crippen LogP contribution in [0.4, 0.5) is 20.3 Å². The van der Waals surface area contributed by atoms with E-state index in [-0.39, 0.29) is 39.0 Å². The number of carbonyl (C=O) groups is 1. The second-order valence-corrected chi connectivity index (χ2v) is 14.5. The molecule has 3 aromatic heterocycles. The smallest absolute Gasteiger partial charge is 0.481 e. The normalized spacial score (nSPS) is 15.1. The molecule has 2 aliphatic rings. The number of nitrogens with zero attached hydrogens (tertiary/aromatic N) is 7. The number of likely N-dealkylation sites (tertiary alicyclic amines) is 2. The third kappa shape index (κ3) is 8.57. The number of aliphatic carboxylic acids is 1. The number of nitrogens with one attached hydrogen (secondary N) is 1. The van der Waals surface area contributed by atoms with Gasteiger partial charge in [0.2, 0.25) is 5.89 Å².